The fourth-order valence-electron chi connectivity index (χ4n) is 4.54. The van der Waals surface area contributed by atoms with Gasteiger partial charge in [-0.25, -0.2) is 14.8 Å². The number of aromatic hydroxyl groups is 1. The maximum Gasteiger partial charge on any atom is 0.245 e. The Hall–Kier alpha value is -4.50. The summed E-state index contributed by atoms with van der Waals surface area (Å²) in [5, 5.41) is 17.4. The zero-order chi connectivity index (χ0) is 27.2. The van der Waals surface area contributed by atoms with Crippen LogP contribution in [0.3, 0.4) is 0 Å². The third-order valence-corrected chi connectivity index (χ3v) is 6.69. The second-order valence-electron chi connectivity index (χ2n) is 9.39. The van der Waals surface area contributed by atoms with Gasteiger partial charge in [-0.05, 0) is 72.0 Å². The van der Waals surface area contributed by atoms with Gasteiger partial charge in [0.15, 0.2) is 11.6 Å². The summed E-state index contributed by atoms with van der Waals surface area (Å²) in [5.74, 6) is 0.281. The highest BCUT2D eigenvalue weighted by atomic mass is 19.1. The van der Waals surface area contributed by atoms with Gasteiger partial charge in [-0.15, -0.1) is 0 Å². The molecule has 1 saturated heterocycles. The number of halogens is 1. The lowest BCUT2D eigenvalue weighted by molar-refractivity contribution is 0.0921. The molecule has 200 valence electrons. The number of anilines is 4. The number of ether oxygens (including phenoxy) is 1. The van der Waals surface area contributed by atoms with Gasteiger partial charge in [0, 0.05) is 17.9 Å². The molecule has 1 unspecified atom stereocenters. The normalized spacial score (nSPS) is 15.5. The van der Waals surface area contributed by atoms with E-state index in [1.165, 1.54) is 6.20 Å². The minimum atomic E-state index is -0.460. The first-order chi connectivity index (χ1) is 19.0. The van der Waals surface area contributed by atoms with E-state index >= 15 is 0 Å². The van der Waals surface area contributed by atoms with E-state index in [9.17, 15) is 9.50 Å². The van der Waals surface area contributed by atoms with Gasteiger partial charge >= 0.3 is 0 Å². The van der Waals surface area contributed by atoms with E-state index in [1.807, 2.05) is 73.3 Å². The third kappa shape index (κ3) is 6.32. The lowest BCUT2D eigenvalue weighted by atomic mass is 10.0. The van der Waals surface area contributed by atoms with Crippen molar-refractivity contribution < 1.29 is 14.2 Å². The monoisotopic (exact) mass is 526 g/mol. The van der Waals surface area contributed by atoms with Gasteiger partial charge in [-0.3, -0.25) is 0 Å². The molecule has 0 saturated carbocycles. The van der Waals surface area contributed by atoms with E-state index in [4.69, 9.17) is 4.74 Å². The summed E-state index contributed by atoms with van der Waals surface area (Å²) < 4.78 is 20.0. The molecule has 8 nitrogen and oxygen atoms in total. The predicted octanol–water partition coefficient (Wildman–Crippen LogP) is 6.10. The number of morpholine rings is 1. The molecular weight excluding hydrogens is 495 g/mol. The highest BCUT2D eigenvalue weighted by Crippen LogP contribution is 2.27. The van der Waals surface area contributed by atoms with Crippen LogP contribution < -0.4 is 15.6 Å². The maximum absolute atomic E-state index is 14.5. The second-order valence-corrected chi connectivity index (χ2v) is 9.39. The Morgan fingerprint density at radius 2 is 1.92 bits per heavy atom. The summed E-state index contributed by atoms with van der Waals surface area (Å²) in [6.07, 6.45) is 3.70. The van der Waals surface area contributed by atoms with Crippen molar-refractivity contribution in [3.63, 3.8) is 0 Å². The molecule has 5 rings (SSSR count). The number of aromatic nitrogens is 2. The highest BCUT2D eigenvalue weighted by Gasteiger charge is 2.25. The minimum absolute atomic E-state index is 0.0746. The fourth-order valence-corrected chi connectivity index (χ4v) is 4.54. The molecule has 0 bridgehead atoms. The molecule has 0 aliphatic carbocycles. The molecule has 1 aliphatic rings. The van der Waals surface area contributed by atoms with E-state index in [2.05, 4.69) is 25.8 Å². The average molecular weight is 527 g/mol. The molecule has 0 amide bonds. The number of phenolic OH excluding ortho intramolecular Hbond substituents is 1. The number of aryl methyl sites for hydroxylation is 1. The highest BCUT2D eigenvalue weighted by molar-refractivity contribution is 5.83. The zero-order valence-corrected chi connectivity index (χ0v) is 21.9. The molecule has 1 fully saturated rings. The summed E-state index contributed by atoms with van der Waals surface area (Å²) >= 11 is 0. The quantitative estimate of drug-likeness (QED) is 0.189. The van der Waals surface area contributed by atoms with E-state index in [0.29, 0.717) is 19.8 Å². The molecule has 9 heteroatoms. The van der Waals surface area contributed by atoms with Crippen molar-refractivity contribution in [2.45, 2.75) is 26.3 Å². The van der Waals surface area contributed by atoms with Crippen molar-refractivity contribution in [2.75, 3.05) is 35.4 Å². The van der Waals surface area contributed by atoms with E-state index in [0.717, 1.165) is 40.0 Å². The van der Waals surface area contributed by atoms with Crippen LogP contribution in [0.4, 0.5) is 27.5 Å². The zero-order valence-electron chi connectivity index (χ0n) is 21.9. The SMILES string of the molecule is CCC1COCCN1c1nc(N/N=C/c2ccc(Nc3ccc(-c4cccc(O)c4)cc3)cc2C)ncc1F. The first-order valence-corrected chi connectivity index (χ1v) is 12.9. The Labute approximate surface area is 227 Å². The van der Waals surface area contributed by atoms with Gasteiger partial charge in [-0.1, -0.05) is 37.3 Å². The van der Waals surface area contributed by atoms with Crippen LogP contribution in [0.25, 0.3) is 11.1 Å². The first-order valence-electron chi connectivity index (χ1n) is 12.9. The van der Waals surface area contributed by atoms with Gasteiger partial charge < -0.3 is 20.1 Å². The Morgan fingerprint density at radius 3 is 2.69 bits per heavy atom. The van der Waals surface area contributed by atoms with Gasteiger partial charge in [0.05, 0.1) is 31.7 Å². The number of nitrogens with one attached hydrogen (secondary N) is 2. The van der Waals surface area contributed by atoms with Crippen molar-refractivity contribution in [1.29, 1.82) is 0 Å². The molecule has 39 heavy (non-hydrogen) atoms. The number of nitrogens with zero attached hydrogens (tertiary/aromatic N) is 4. The summed E-state index contributed by atoms with van der Waals surface area (Å²) in [6, 6.07) is 21.3. The Kier molecular flexibility index (Phi) is 7.98. The Bertz CT molecular complexity index is 1460. The molecule has 2 heterocycles. The van der Waals surface area contributed by atoms with Gasteiger partial charge in [0.25, 0.3) is 0 Å². The van der Waals surface area contributed by atoms with Crippen LogP contribution in [0.1, 0.15) is 24.5 Å². The molecule has 1 aliphatic heterocycles. The number of hydrazone groups is 1. The van der Waals surface area contributed by atoms with Gasteiger partial charge in [0.1, 0.15) is 5.75 Å². The van der Waals surface area contributed by atoms with E-state index in [1.54, 1.807) is 18.3 Å². The first kappa shape index (κ1) is 26.1. The van der Waals surface area contributed by atoms with Gasteiger partial charge in [0.2, 0.25) is 5.95 Å². The predicted molar refractivity (Wildman–Crippen MR) is 153 cm³/mol. The number of benzene rings is 3. The van der Waals surface area contributed by atoms with E-state index in [-0.39, 0.29) is 23.6 Å². The largest absolute Gasteiger partial charge is 0.508 e. The number of rotatable bonds is 8. The van der Waals surface area contributed by atoms with Crippen molar-refractivity contribution in [3.05, 3.63) is 89.9 Å². The molecule has 3 aromatic carbocycles. The summed E-state index contributed by atoms with van der Waals surface area (Å²) in [6.45, 7) is 5.72. The van der Waals surface area contributed by atoms with Crippen molar-refractivity contribution in [2.24, 2.45) is 5.10 Å². The Balaban J connectivity index is 1.22. The van der Waals surface area contributed by atoms with Crippen LogP contribution in [0, 0.1) is 12.7 Å². The minimum Gasteiger partial charge on any atom is -0.508 e. The van der Waals surface area contributed by atoms with Crippen LogP contribution >= 0.6 is 0 Å². The van der Waals surface area contributed by atoms with Crippen molar-refractivity contribution in [1.82, 2.24) is 9.97 Å². The number of hydrogen-bond acceptors (Lipinski definition) is 8. The summed E-state index contributed by atoms with van der Waals surface area (Å²) in [5.41, 5.74) is 8.67. The number of hydrogen-bond donors (Lipinski definition) is 3. The van der Waals surface area contributed by atoms with Crippen LogP contribution in [-0.2, 0) is 4.74 Å². The molecule has 0 radical (unpaired) electrons. The van der Waals surface area contributed by atoms with Crippen molar-refractivity contribution >= 4 is 29.4 Å². The summed E-state index contributed by atoms with van der Waals surface area (Å²) in [7, 11) is 0. The number of phenols is 1. The topological polar surface area (TPSA) is 94.9 Å². The average Bonchev–Trinajstić information content (AvgIpc) is 2.95. The molecule has 1 aromatic heterocycles. The lowest BCUT2D eigenvalue weighted by Crippen LogP contribution is -2.46. The standard InChI is InChI=1S/C30H31FN6O2/c1-3-26-19-39-14-13-37(26)29-28(31)18-32-30(35-29)36-33-17-23-9-12-25(15-20(23)2)34-24-10-7-21(8-11-24)22-5-4-6-27(38)16-22/h4-12,15-18,26,34,38H,3,13-14,19H2,1-2H3,(H,32,35,36)/b33-17+. The molecule has 4 aromatic rings. The van der Waals surface area contributed by atoms with Gasteiger partial charge in [-0.2, -0.15) is 10.1 Å². The summed E-state index contributed by atoms with van der Waals surface area (Å²) in [4.78, 5) is 10.3. The van der Waals surface area contributed by atoms with Crippen LogP contribution in [0.15, 0.2) is 78.0 Å². The molecule has 3 N–H and O–H groups in total. The van der Waals surface area contributed by atoms with Crippen LogP contribution in [0.2, 0.25) is 0 Å². The molecular formula is C30H31FN6O2. The molecule has 1 atom stereocenters. The van der Waals surface area contributed by atoms with Crippen molar-refractivity contribution in [3.8, 4) is 16.9 Å². The molecule has 0 spiro atoms. The van der Waals surface area contributed by atoms with Crippen LogP contribution in [0.5, 0.6) is 5.75 Å². The van der Waals surface area contributed by atoms with Crippen LogP contribution in [-0.4, -0.2) is 47.1 Å². The lowest BCUT2D eigenvalue weighted by Gasteiger charge is -2.36. The third-order valence-electron chi connectivity index (χ3n) is 6.69. The second kappa shape index (κ2) is 11.9. The fraction of sp³-hybridized carbons (Fsp3) is 0.233. The maximum atomic E-state index is 14.5. The Morgan fingerprint density at radius 1 is 1.10 bits per heavy atom. The smallest absolute Gasteiger partial charge is 0.245 e. The van der Waals surface area contributed by atoms with E-state index < -0.39 is 5.82 Å².